The maximum absolute atomic E-state index is 6.04. The van der Waals surface area contributed by atoms with Gasteiger partial charge in [-0.05, 0) is 56.8 Å². The van der Waals surface area contributed by atoms with Gasteiger partial charge in [0.15, 0.2) is 0 Å². The first kappa shape index (κ1) is 12.4. The molecule has 3 fully saturated rings. The molecule has 3 unspecified atom stereocenters. The summed E-state index contributed by atoms with van der Waals surface area (Å²) in [7, 11) is 0. The Balaban J connectivity index is 1.47. The maximum Gasteiger partial charge on any atom is 0.136 e. The molecule has 1 aromatic rings. The number of nitrogen functional groups attached to an aromatic ring is 1. The monoisotopic (exact) mass is 272 g/mol. The molecule has 1 heterocycles. The average molecular weight is 272 g/mol. The van der Waals surface area contributed by atoms with Crippen LogP contribution in [0.15, 0.2) is 0 Å². The fraction of sp³-hybridized carbons (Fsp3) is 0.750. The third-order valence-corrected chi connectivity index (χ3v) is 5.56. The van der Waals surface area contributed by atoms with Gasteiger partial charge in [-0.25, -0.2) is 9.97 Å². The summed E-state index contributed by atoms with van der Waals surface area (Å²) in [5.74, 6) is 5.93. The largest absolute Gasteiger partial charge is 0.383 e. The number of anilines is 2. The minimum absolute atomic E-state index is 0.556. The van der Waals surface area contributed by atoms with Crippen molar-refractivity contribution in [1.29, 1.82) is 0 Å². The number of fused-ring (bicyclic) bond motifs is 2. The van der Waals surface area contributed by atoms with Crippen LogP contribution >= 0.6 is 0 Å². The van der Waals surface area contributed by atoms with E-state index in [-0.39, 0.29) is 0 Å². The molecule has 20 heavy (non-hydrogen) atoms. The van der Waals surface area contributed by atoms with E-state index in [2.05, 4.69) is 10.3 Å². The summed E-state index contributed by atoms with van der Waals surface area (Å²) in [6.07, 6.45) is 8.21. The fourth-order valence-corrected chi connectivity index (χ4v) is 4.10. The highest BCUT2D eigenvalue weighted by atomic mass is 15.1. The molecular weight excluding hydrogens is 248 g/mol. The lowest BCUT2D eigenvalue weighted by Crippen LogP contribution is -2.21. The van der Waals surface area contributed by atoms with Crippen LogP contribution < -0.4 is 11.1 Å². The molecule has 0 saturated heterocycles. The van der Waals surface area contributed by atoms with Gasteiger partial charge in [0.25, 0.3) is 0 Å². The minimum Gasteiger partial charge on any atom is -0.383 e. The van der Waals surface area contributed by atoms with Crippen LogP contribution in [0.25, 0.3) is 0 Å². The maximum atomic E-state index is 6.04. The topological polar surface area (TPSA) is 63.8 Å². The smallest absolute Gasteiger partial charge is 0.136 e. The van der Waals surface area contributed by atoms with Gasteiger partial charge in [0, 0.05) is 18.0 Å². The number of rotatable bonds is 4. The summed E-state index contributed by atoms with van der Waals surface area (Å²) in [5, 5.41) is 3.57. The predicted octanol–water partition coefficient (Wildman–Crippen LogP) is 3.09. The van der Waals surface area contributed by atoms with E-state index in [1.807, 2.05) is 6.92 Å². The van der Waals surface area contributed by atoms with Crippen molar-refractivity contribution in [3.05, 3.63) is 11.4 Å². The van der Waals surface area contributed by atoms with Gasteiger partial charge in [-0.1, -0.05) is 6.42 Å². The van der Waals surface area contributed by atoms with E-state index in [0.29, 0.717) is 11.7 Å². The molecule has 3 aliphatic rings. The first-order chi connectivity index (χ1) is 9.70. The highest BCUT2D eigenvalue weighted by Gasteiger charge is 2.39. The summed E-state index contributed by atoms with van der Waals surface area (Å²) < 4.78 is 0. The lowest BCUT2D eigenvalue weighted by atomic mass is 9.89. The van der Waals surface area contributed by atoms with Gasteiger partial charge in [-0.2, -0.15) is 0 Å². The standard InChI is InChI=1S/C16H24N4/c1-9-14(17)19-16(11-4-5-11)20-15(9)18-8-13-7-10-2-3-12(13)6-10/h10-13H,2-8H2,1H3,(H3,17,18,19,20). The number of nitrogens with two attached hydrogens (primary N) is 1. The van der Waals surface area contributed by atoms with Gasteiger partial charge in [-0.15, -0.1) is 0 Å². The number of aromatic nitrogens is 2. The van der Waals surface area contributed by atoms with Gasteiger partial charge in [0.1, 0.15) is 17.5 Å². The molecule has 4 rings (SSSR count). The van der Waals surface area contributed by atoms with Gasteiger partial charge in [0.05, 0.1) is 0 Å². The van der Waals surface area contributed by atoms with Crippen molar-refractivity contribution in [1.82, 2.24) is 9.97 Å². The Morgan fingerprint density at radius 2 is 2.00 bits per heavy atom. The zero-order valence-corrected chi connectivity index (χ0v) is 12.2. The Morgan fingerprint density at radius 1 is 1.15 bits per heavy atom. The van der Waals surface area contributed by atoms with Gasteiger partial charge >= 0.3 is 0 Å². The van der Waals surface area contributed by atoms with E-state index in [1.54, 1.807) is 0 Å². The molecule has 2 bridgehead atoms. The zero-order chi connectivity index (χ0) is 13.7. The Morgan fingerprint density at radius 3 is 2.65 bits per heavy atom. The summed E-state index contributed by atoms with van der Waals surface area (Å²) >= 11 is 0. The SMILES string of the molecule is Cc1c(N)nc(C2CC2)nc1NCC1CC2CCC1C2. The summed E-state index contributed by atoms with van der Waals surface area (Å²) in [5.41, 5.74) is 7.05. The normalized spacial score (nSPS) is 31.8. The molecule has 3 aliphatic carbocycles. The van der Waals surface area contributed by atoms with Crippen LogP contribution in [0, 0.1) is 24.7 Å². The van der Waals surface area contributed by atoms with Crippen LogP contribution in [-0.4, -0.2) is 16.5 Å². The molecule has 1 aromatic heterocycles. The van der Waals surface area contributed by atoms with Crippen LogP contribution in [-0.2, 0) is 0 Å². The van der Waals surface area contributed by atoms with E-state index in [4.69, 9.17) is 10.7 Å². The molecule has 3 saturated carbocycles. The van der Waals surface area contributed by atoms with Crippen LogP contribution in [0.4, 0.5) is 11.6 Å². The number of hydrogen-bond donors (Lipinski definition) is 2. The molecular formula is C16H24N4. The summed E-state index contributed by atoms with van der Waals surface area (Å²) in [6.45, 7) is 3.08. The van der Waals surface area contributed by atoms with Crippen molar-refractivity contribution < 1.29 is 0 Å². The van der Waals surface area contributed by atoms with Gasteiger partial charge < -0.3 is 11.1 Å². The summed E-state index contributed by atoms with van der Waals surface area (Å²) in [6, 6.07) is 0. The highest BCUT2D eigenvalue weighted by Crippen LogP contribution is 2.48. The molecule has 0 radical (unpaired) electrons. The molecule has 108 valence electrons. The lowest BCUT2D eigenvalue weighted by molar-refractivity contribution is 0.348. The van der Waals surface area contributed by atoms with Crippen molar-refractivity contribution in [2.45, 2.75) is 51.4 Å². The molecule has 3 N–H and O–H groups in total. The van der Waals surface area contributed by atoms with Crippen LogP contribution in [0.5, 0.6) is 0 Å². The third kappa shape index (κ3) is 2.15. The second-order valence-electron chi connectivity index (χ2n) is 7.03. The number of nitrogens with zero attached hydrogens (tertiary/aromatic N) is 2. The van der Waals surface area contributed by atoms with E-state index in [0.717, 1.165) is 41.5 Å². The van der Waals surface area contributed by atoms with E-state index in [9.17, 15) is 0 Å². The average Bonchev–Trinajstić information content (AvgIpc) is 3.09. The van der Waals surface area contributed by atoms with E-state index >= 15 is 0 Å². The number of nitrogens with one attached hydrogen (secondary N) is 1. The van der Waals surface area contributed by atoms with Gasteiger partial charge in [0.2, 0.25) is 0 Å². The third-order valence-electron chi connectivity index (χ3n) is 5.56. The van der Waals surface area contributed by atoms with Crippen molar-refractivity contribution in [3.63, 3.8) is 0 Å². The zero-order valence-electron chi connectivity index (χ0n) is 12.2. The molecule has 3 atom stereocenters. The molecule has 0 spiro atoms. The second-order valence-corrected chi connectivity index (χ2v) is 7.03. The van der Waals surface area contributed by atoms with E-state index < -0.39 is 0 Å². The first-order valence-corrected chi connectivity index (χ1v) is 8.08. The van der Waals surface area contributed by atoms with Crippen molar-refractivity contribution in [2.24, 2.45) is 17.8 Å². The minimum atomic E-state index is 0.556. The molecule has 0 amide bonds. The van der Waals surface area contributed by atoms with Crippen molar-refractivity contribution in [3.8, 4) is 0 Å². The Kier molecular flexibility index (Phi) is 2.86. The molecule has 0 aromatic carbocycles. The van der Waals surface area contributed by atoms with E-state index in [1.165, 1.54) is 38.5 Å². The summed E-state index contributed by atoms with van der Waals surface area (Å²) in [4.78, 5) is 9.16. The van der Waals surface area contributed by atoms with Crippen LogP contribution in [0.2, 0.25) is 0 Å². The molecule has 4 heteroatoms. The van der Waals surface area contributed by atoms with Crippen LogP contribution in [0.1, 0.15) is 55.8 Å². The van der Waals surface area contributed by atoms with Crippen molar-refractivity contribution in [2.75, 3.05) is 17.6 Å². The van der Waals surface area contributed by atoms with Crippen LogP contribution in [0.3, 0.4) is 0 Å². The fourth-order valence-electron chi connectivity index (χ4n) is 4.10. The predicted molar refractivity (Wildman–Crippen MR) is 80.6 cm³/mol. The lowest BCUT2D eigenvalue weighted by Gasteiger charge is -2.22. The molecule has 4 nitrogen and oxygen atoms in total. The quantitative estimate of drug-likeness (QED) is 0.884. The van der Waals surface area contributed by atoms with Gasteiger partial charge in [-0.3, -0.25) is 0 Å². The number of hydrogen-bond acceptors (Lipinski definition) is 4. The Hall–Kier alpha value is -1.32. The van der Waals surface area contributed by atoms with Crippen molar-refractivity contribution >= 4 is 11.6 Å². The Labute approximate surface area is 120 Å². The highest BCUT2D eigenvalue weighted by molar-refractivity contribution is 5.55. The first-order valence-electron chi connectivity index (χ1n) is 8.08. The second kappa shape index (κ2) is 4.61. The molecule has 0 aliphatic heterocycles. The Bertz CT molecular complexity index is 523.